The van der Waals surface area contributed by atoms with Gasteiger partial charge in [-0.25, -0.2) is 4.79 Å². The van der Waals surface area contributed by atoms with Crippen LogP contribution in [0.3, 0.4) is 0 Å². The first-order valence-electron chi connectivity index (χ1n) is 15.6. The van der Waals surface area contributed by atoms with Crippen molar-refractivity contribution in [3.8, 4) is 0 Å². The Kier molecular flexibility index (Phi) is 8.00. The van der Waals surface area contributed by atoms with Gasteiger partial charge in [-0.15, -0.1) is 0 Å². The average Bonchev–Trinajstić information content (AvgIpc) is 3.46. The molecule has 8 unspecified atom stereocenters. The van der Waals surface area contributed by atoms with Crippen LogP contribution in [0.1, 0.15) is 111 Å². The number of rotatable bonds is 7. The standard InChI is InChI=1S/C32H50O7/c1-19(7-10-27(36)38-18-28(37)39-30(2)12-5-6-13-30)22-8-9-23-29-24(17-26(35)32(22,23)4)31(3)14-11-21(33)15-20(31)16-25(29)34/h19-24,26,29,33,35H,5-18H2,1-4H3/t19?,20?,21?,22?,23?,24?,26?,29?,31-,32+/m0/s1. The number of hydrogen-bond donors (Lipinski definition) is 2. The van der Waals surface area contributed by atoms with E-state index in [1.807, 2.05) is 6.92 Å². The number of ether oxygens (including phenoxy) is 2. The Balaban J connectivity index is 1.18. The van der Waals surface area contributed by atoms with Gasteiger partial charge in [0.1, 0.15) is 11.4 Å². The maximum atomic E-state index is 13.6. The molecule has 7 nitrogen and oxygen atoms in total. The molecule has 2 N–H and O–H groups in total. The minimum absolute atomic E-state index is 0.00388. The van der Waals surface area contributed by atoms with Crippen molar-refractivity contribution in [2.45, 2.75) is 129 Å². The lowest BCUT2D eigenvalue weighted by Gasteiger charge is -2.61. The Morgan fingerprint density at radius 1 is 0.974 bits per heavy atom. The molecule has 0 aromatic heterocycles. The van der Waals surface area contributed by atoms with E-state index in [0.717, 1.165) is 51.4 Å². The SMILES string of the molecule is CC(CCC(=O)OCC(=O)OC1(C)CCCC1)C1CCC2C3C(=O)CC4CC(O)CC[C@]4(C)C3CC(O)[C@]12C. The van der Waals surface area contributed by atoms with Crippen LogP contribution in [0, 0.1) is 46.3 Å². The smallest absolute Gasteiger partial charge is 0.344 e. The third kappa shape index (κ3) is 5.20. The molecule has 220 valence electrons. The lowest BCUT2D eigenvalue weighted by atomic mass is 9.43. The zero-order chi connectivity index (χ0) is 28.2. The fourth-order valence-corrected chi connectivity index (χ4v) is 10.1. The van der Waals surface area contributed by atoms with Crippen LogP contribution in [-0.2, 0) is 23.9 Å². The monoisotopic (exact) mass is 546 g/mol. The summed E-state index contributed by atoms with van der Waals surface area (Å²) in [6.07, 6.45) is 9.41. The molecule has 7 heteroatoms. The topological polar surface area (TPSA) is 110 Å². The maximum absolute atomic E-state index is 13.6. The third-order valence-corrected chi connectivity index (χ3v) is 12.5. The first kappa shape index (κ1) is 29.0. The molecule has 5 aliphatic rings. The fourth-order valence-electron chi connectivity index (χ4n) is 10.1. The summed E-state index contributed by atoms with van der Waals surface area (Å²) in [6.45, 7) is 8.26. The molecule has 0 radical (unpaired) electrons. The van der Waals surface area contributed by atoms with Crippen LogP contribution < -0.4 is 0 Å². The summed E-state index contributed by atoms with van der Waals surface area (Å²) >= 11 is 0. The number of hydrogen-bond acceptors (Lipinski definition) is 7. The number of fused-ring (bicyclic) bond motifs is 5. The highest BCUT2D eigenvalue weighted by molar-refractivity contribution is 5.83. The predicted molar refractivity (Wildman–Crippen MR) is 145 cm³/mol. The first-order valence-corrected chi connectivity index (χ1v) is 15.6. The molecule has 5 aliphatic carbocycles. The lowest BCUT2D eigenvalue weighted by molar-refractivity contribution is -0.182. The van der Waals surface area contributed by atoms with E-state index in [1.165, 1.54) is 0 Å². The molecule has 0 aliphatic heterocycles. The van der Waals surface area contributed by atoms with Crippen LogP contribution in [0.5, 0.6) is 0 Å². The largest absolute Gasteiger partial charge is 0.457 e. The molecule has 39 heavy (non-hydrogen) atoms. The van der Waals surface area contributed by atoms with E-state index in [-0.39, 0.29) is 71.4 Å². The molecule has 0 heterocycles. The highest BCUT2D eigenvalue weighted by atomic mass is 16.6. The first-order chi connectivity index (χ1) is 18.4. The molecular weight excluding hydrogens is 496 g/mol. The Morgan fingerprint density at radius 3 is 2.41 bits per heavy atom. The summed E-state index contributed by atoms with van der Waals surface area (Å²) in [7, 11) is 0. The van der Waals surface area contributed by atoms with E-state index in [0.29, 0.717) is 31.5 Å². The minimum Gasteiger partial charge on any atom is -0.457 e. The Hall–Kier alpha value is -1.47. The number of carbonyl (C=O) groups is 3. The second-order valence-electron chi connectivity index (χ2n) is 14.6. The molecule has 0 amide bonds. The van der Waals surface area contributed by atoms with Crippen molar-refractivity contribution in [1.82, 2.24) is 0 Å². The zero-order valence-corrected chi connectivity index (χ0v) is 24.5. The van der Waals surface area contributed by atoms with Crippen LogP contribution in [0.25, 0.3) is 0 Å². The van der Waals surface area contributed by atoms with Crippen molar-refractivity contribution in [2.75, 3.05) is 6.61 Å². The second-order valence-corrected chi connectivity index (χ2v) is 14.6. The van der Waals surface area contributed by atoms with E-state index in [1.54, 1.807) is 0 Å². The van der Waals surface area contributed by atoms with Crippen LogP contribution in [0.15, 0.2) is 0 Å². The van der Waals surface area contributed by atoms with Gasteiger partial charge in [0.25, 0.3) is 0 Å². The van der Waals surface area contributed by atoms with Gasteiger partial charge < -0.3 is 19.7 Å². The summed E-state index contributed by atoms with van der Waals surface area (Å²) in [5.41, 5.74) is -0.773. The van der Waals surface area contributed by atoms with Crippen LogP contribution in [-0.4, -0.2) is 52.4 Å². The highest BCUT2D eigenvalue weighted by Gasteiger charge is 2.65. The van der Waals surface area contributed by atoms with Gasteiger partial charge in [-0.2, -0.15) is 0 Å². The van der Waals surface area contributed by atoms with Gasteiger partial charge in [-0.1, -0.05) is 20.8 Å². The summed E-state index contributed by atoms with van der Waals surface area (Å²) in [6, 6.07) is 0. The van der Waals surface area contributed by atoms with Gasteiger partial charge >= 0.3 is 11.9 Å². The van der Waals surface area contributed by atoms with Gasteiger partial charge in [0.05, 0.1) is 12.2 Å². The summed E-state index contributed by atoms with van der Waals surface area (Å²) in [5.74, 6) is 0.438. The van der Waals surface area contributed by atoms with Crippen molar-refractivity contribution < 1.29 is 34.1 Å². The second kappa shape index (κ2) is 10.7. The van der Waals surface area contributed by atoms with E-state index in [9.17, 15) is 24.6 Å². The number of esters is 2. The van der Waals surface area contributed by atoms with Gasteiger partial charge in [0.15, 0.2) is 6.61 Å². The Bertz CT molecular complexity index is 956. The van der Waals surface area contributed by atoms with Crippen LogP contribution in [0.2, 0.25) is 0 Å². The normalized spacial score (nSPS) is 43.6. The van der Waals surface area contributed by atoms with Crippen LogP contribution in [0.4, 0.5) is 0 Å². The van der Waals surface area contributed by atoms with E-state index in [4.69, 9.17) is 9.47 Å². The number of carbonyl (C=O) groups excluding carboxylic acids is 3. The molecule has 5 fully saturated rings. The van der Waals surface area contributed by atoms with Gasteiger partial charge in [0, 0.05) is 24.2 Å². The molecule has 0 saturated heterocycles. The number of aliphatic hydroxyl groups is 2. The molecule has 5 saturated carbocycles. The molecule has 10 atom stereocenters. The molecular formula is C32H50O7. The van der Waals surface area contributed by atoms with E-state index >= 15 is 0 Å². The highest BCUT2D eigenvalue weighted by Crippen LogP contribution is 2.67. The Labute approximate surface area is 233 Å². The number of aliphatic hydroxyl groups excluding tert-OH is 2. The van der Waals surface area contributed by atoms with Crippen molar-refractivity contribution in [3.05, 3.63) is 0 Å². The van der Waals surface area contributed by atoms with Gasteiger partial charge in [-0.3, -0.25) is 9.59 Å². The minimum atomic E-state index is -0.479. The third-order valence-electron chi connectivity index (χ3n) is 12.5. The van der Waals surface area contributed by atoms with Crippen molar-refractivity contribution in [2.24, 2.45) is 46.3 Å². The van der Waals surface area contributed by atoms with Crippen molar-refractivity contribution in [1.29, 1.82) is 0 Å². The molecule has 0 aromatic carbocycles. The maximum Gasteiger partial charge on any atom is 0.344 e. The zero-order valence-electron chi connectivity index (χ0n) is 24.5. The molecule has 5 rings (SSSR count). The Morgan fingerprint density at radius 2 is 1.69 bits per heavy atom. The van der Waals surface area contributed by atoms with Crippen LogP contribution >= 0.6 is 0 Å². The summed E-state index contributed by atoms with van der Waals surface area (Å²) in [5, 5.41) is 22.0. The van der Waals surface area contributed by atoms with Gasteiger partial charge in [-0.05, 0) is 113 Å². The van der Waals surface area contributed by atoms with Crippen molar-refractivity contribution >= 4 is 17.7 Å². The van der Waals surface area contributed by atoms with E-state index < -0.39 is 17.7 Å². The van der Waals surface area contributed by atoms with Crippen molar-refractivity contribution in [3.63, 3.8) is 0 Å². The molecule has 0 spiro atoms. The number of ketones is 1. The summed E-state index contributed by atoms with van der Waals surface area (Å²) in [4.78, 5) is 38.3. The molecule has 0 aromatic rings. The van der Waals surface area contributed by atoms with E-state index in [2.05, 4.69) is 20.8 Å². The number of Topliss-reactive ketones (excluding diaryl/α,β-unsaturated/α-hetero) is 1. The lowest BCUT2D eigenvalue weighted by Crippen LogP contribution is -2.61. The summed E-state index contributed by atoms with van der Waals surface area (Å²) < 4.78 is 10.8. The fraction of sp³-hybridized carbons (Fsp3) is 0.906. The molecule has 0 bridgehead atoms. The predicted octanol–water partition coefficient (Wildman–Crippen LogP) is 4.99. The van der Waals surface area contributed by atoms with Gasteiger partial charge in [0.2, 0.25) is 0 Å². The quantitative estimate of drug-likeness (QED) is 0.433. The average molecular weight is 547 g/mol.